The molecule has 0 fully saturated rings. The van der Waals surface area contributed by atoms with E-state index in [1.165, 1.54) is 0 Å². The number of benzene rings is 1. The molecule has 0 aliphatic carbocycles. The Morgan fingerprint density at radius 1 is 1.42 bits per heavy atom. The van der Waals surface area contributed by atoms with Crippen molar-refractivity contribution in [2.45, 2.75) is 32.8 Å². The van der Waals surface area contributed by atoms with E-state index in [-0.39, 0.29) is 12.5 Å². The van der Waals surface area contributed by atoms with Gasteiger partial charge in [0.2, 0.25) is 0 Å². The minimum Gasteiger partial charge on any atom is -0.388 e. The van der Waals surface area contributed by atoms with Crippen LogP contribution in [0.3, 0.4) is 0 Å². The fourth-order valence-electron chi connectivity index (χ4n) is 1.99. The Morgan fingerprint density at radius 3 is 2.58 bits per heavy atom. The summed E-state index contributed by atoms with van der Waals surface area (Å²) >= 11 is 6.70. The van der Waals surface area contributed by atoms with E-state index in [1.54, 1.807) is 13.0 Å². The van der Waals surface area contributed by atoms with Crippen LogP contribution >= 0.6 is 31.9 Å². The van der Waals surface area contributed by atoms with Crippen LogP contribution in [0.25, 0.3) is 0 Å². The second-order valence-electron chi connectivity index (χ2n) is 5.40. The van der Waals surface area contributed by atoms with Crippen molar-refractivity contribution in [3.8, 4) is 0 Å². The van der Waals surface area contributed by atoms with Gasteiger partial charge >= 0.3 is 0 Å². The second-order valence-corrected chi connectivity index (χ2v) is 7.17. The molecule has 19 heavy (non-hydrogen) atoms. The van der Waals surface area contributed by atoms with Crippen molar-refractivity contribution in [3.63, 3.8) is 0 Å². The number of halogens is 2. The zero-order valence-electron chi connectivity index (χ0n) is 11.3. The highest BCUT2D eigenvalue weighted by molar-refractivity contribution is 9.11. The molecule has 0 aliphatic heterocycles. The maximum absolute atomic E-state index is 12.0. The Balaban J connectivity index is 2.65. The highest BCUT2D eigenvalue weighted by Crippen LogP contribution is 2.22. The molecule has 0 bridgehead atoms. The zero-order valence-corrected chi connectivity index (χ0v) is 14.5. The van der Waals surface area contributed by atoms with Crippen LogP contribution in [0.15, 0.2) is 27.1 Å². The molecule has 0 saturated heterocycles. The minimum atomic E-state index is -0.883. The third-order valence-corrected chi connectivity index (χ3v) is 3.80. The first-order valence-corrected chi connectivity index (χ1v) is 7.75. The van der Waals surface area contributed by atoms with E-state index in [4.69, 9.17) is 0 Å². The number of carbonyl (C=O) groups excluding carboxylic acids is 1. The van der Waals surface area contributed by atoms with Gasteiger partial charge in [-0.1, -0.05) is 29.8 Å². The molecule has 1 amide bonds. The Kier molecular flexibility index (Phi) is 6.02. The van der Waals surface area contributed by atoms with Crippen molar-refractivity contribution in [2.75, 3.05) is 6.54 Å². The quantitative estimate of drug-likeness (QED) is 0.801. The number of rotatable bonds is 5. The molecule has 1 aromatic carbocycles. The first kappa shape index (κ1) is 16.7. The van der Waals surface area contributed by atoms with Crippen molar-refractivity contribution < 1.29 is 9.90 Å². The number of amides is 1. The lowest BCUT2D eigenvalue weighted by molar-refractivity contribution is 0.0368. The highest BCUT2D eigenvalue weighted by atomic mass is 79.9. The Morgan fingerprint density at radius 2 is 2.05 bits per heavy atom. The predicted octanol–water partition coefficient (Wildman–Crippen LogP) is 3.74. The second kappa shape index (κ2) is 6.86. The van der Waals surface area contributed by atoms with Gasteiger partial charge in [-0.2, -0.15) is 0 Å². The smallest absolute Gasteiger partial charge is 0.252 e. The van der Waals surface area contributed by atoms with Crippen LogP contribution in [0.4, 0.5) is 0 Å². The molecule has 1 aromatic rings. The SMILES string of the molecule is CC(C)CC(C)(O)CNC(=O)c1ccc(Br)cc1Br. The summed E-state index contributed by atoms with van der Waals surface area (Å²) in [6, 6.07) is 5.37. The number of aliphatic hydroxyl groups is 1. The summed E-state index contributed by atoms with van der Waals surface area (Å²) in [4.78, 5) is 12.0. The standard InChI is InChI=1S/C14H19Br2NO2/c1-9(2)7-14(3,19)8-17-13(18)11-5-4-10(15)6-12(11)16/h4-6,9,19H,7-8H2,1-3H3,(H,17,18). The summed E-state index contributed by atoms with van der Waals surface area (Å²) in [5.41, 5.74) is -0.324. The van der Waals surface area contributed by atoms with E-state index in [0.29, 0.717) is 17.9 Å². The largest absolute Gasteiger partial charge is 0.388 e. The van der Waals surface area contributed by atoms with Gasteiger partial charge in [0, 0.05) is 15.5 Å². The number of carbonyl (C=O) groups is 1. The van der Waals surface area contributed by atoms with E-state index in [2.05, 4.69) is 37.2 Å². The van der Waals surface area contributed by atoms with Gasteiger partial charge in [-0.05, 0) is 53.4 Å². The van der Waals surface area contributed by atoms with Crippen molar-refractivity contribution in [2.24, 2.45) is 5.92 Å². The average molecular weight is 393 g/mol. The Hall–Kier alpha value is -0.390. The number of nitrogens with one attached hydrogen (secondary N) is 1. The molecule has 5 heteroatoms. The summed E-state index contributed by atoms with van der Waals surface area (Å²) in [5, 5.41) is 12.9. The van der Waals surface area contributed by atoms with E-state index in [0.717, 1.165) is 8.95 Å². The van der Waals surface area contributed by atoms with Crippen LogP contribution in [0.2, 0.25) is 0 Å². The molecule has 0 aliphatic rings. The first-order chi connectivity index (χ1) is 8.71. The van der Waals surface area contributed by atoms with E-state index in [1.807, 2.05) is 26.0 Å². The molecule has 1 atom stereocenters. The predicted molar refractivity (Wildman–Crippen MR) is 84.3 cm³/mol. The van der Waals surface area contributed by atoms with Gasteiger partial charge in [-0.15, -0.1) is 0 Å². The van der Waals surface area contributed by atoms with Crippen LogP contribution < -0.4 is 5.32 Å². The monoisotopic (exact) mass is 391 g/mol. The van der Waals surface area contributed by atoms with E-state index >= 15 is 0 Å². The molecule has 1 rings (SSSR count). The van der Waals surface area contributed by atoms with Gasteiger partial charge in [0.1, 0.15) is 0 Å². The maximum atomic E-state index is 12.0. The van der Waals surface area contributed by atoms with Gasteiger partial charge in [-0.3, -0.25) is 4.79 Å². The summed E-state index contributed by atoms with van der Waals surface area (Å²) in [6.45, 7) is 6.07. The zero-order chi connectivity index (χ0) is 14.6. The molecule has 0 radical (unpaired) electrons. The molecule has 106 valence electrons. The molecule has 2 N–H and O–H groups in total. The van der Waals surface area contributed by atoms with Gasteiger partial charge in [0.25, 0.3) is 5.91 Å². The minimum absolute atomic E-state index is 0.191. The third-order valence-electron chi connectivity index (χ3n) is 2.65. The Labute approximate surface area is 131 Å². The van der Waals surface area contributed by atoms with Gasteiger partial charge in [0.05, 0.1) is 11.2 Å². The summed E-state index contributed by atoms with van der Waals surface area (Å²) in [7, 11) is 0. The molecular formula is C14H19Br2NO2. The van der Waals surface area contributed by atoms with E-state index in [9.17, 15) is 9.90 Å². The topological polar surface area (TPSA) is 49.3 Å². The number of hydrogen-bond donors (Lipinski definition) is 2. The van der Waals surface area contributed by atoms with Crippen molar-refractivity contribution >= 4 is 37.8 Å². The van der Waals surface area contributed by atoms with Crippen LogP contribution in [0.5, 0.6) is 0 Å². The molecule has 0 aromatic heterocycles. The lowest BCUT2D eigenvalue weighted by Gasteiger charge is -2.25. The average Bonchev–Trinajstić information content (AvgIpc) is 2.24. The fraction of sp³-hybridized carbons (Fsp3) is 0.500. The van der Waals surface area contributed by atoms with Gasteiger partial charge in [0.15, 0.2) is 0 Å². The summed E-state index contributed by atoms with van der Waals surface area (Å²) < 4.78 is 1.63. The third kappa shape index (κ3) is 5.63. The number of hydrogen-bond acceptors (Lipinski definition) is 2. The van der Waals surface area contributed by atoms with Crippen molar-refractivity contribution in [1.82, 2.24) is 5.32 Å². The Bertz CT molecular complexity index is 459. The summed E-state index contributed by atoms with van der Waals surface area (Å²) in [6.07, 6.45) is 0.648. The van der Waals surface area contributed by atoms with E-state index < -0.39 is 5.60 Å². The van der Waals surface area contributed by atoms with Crippen molar-refractivity contribution in [1.29, 1.82) is 0 Å². The van der Waals surface area contributed by atoms with Crippen molar-refractivity contribution in [3.05, 3.63) is 32.7 Å². The van der Waals surface area contributed by atoms with Crippen LogP contribution in [0.1, 0.15) is 37.6 Å². The molecular weight excluding hydrogens is 374 g/mol. The summed E-state index contributed by atoms with van der Waals surface area (Å²) in [5.74, 6) is 0.190. The van der Waals surface area contributed by atoms with Gasteiger partial charge in [-0.25, -0.2) is 0 Å². The molecule has 1 unspecified atom stereocenters. The molecule has 0 spiro atoms. The van der Waals surface area contributed by atoms with Crippen LogP contribution in [0, 0.1) is 5.92 Å². The fourth-order valence-corrected chi connectivity index (χ4v) is 3.22. The maximum Gasteiger partial charge on any atom is 0.252 e. The first-order valence-electron chi connectivity index (χ1n) is 6.17. The lowest BCUT2D eigenvalue weighted by Crippen LogP contribution is -2.41. The highest BCUT2D eigenvalue weighted by Gasteiger charge is 2.23. The lowest BCUT2D eigenvalue weighted by atomic mass is 9.94. The normalized spacial score (nSPS) is 14.3. The van der Waals surface area contributed by atoms with Crippen LogP contribution in [-0.2, 0) is 0 Å². The molecule has 3 nitrogen and oxygen atoms in total. The molecule has 0 saturated carbocycles. The van der Waals surface area contributed by atoms with Crippen LogP contribution in [-0.4, -0.2) is 23.2 Å². The van der Waals surface area contributed by atoms with Gasteiger partial charge < -0.3 is 10.4 Å². The molecule has 0 heterocycles.